The van der Waals surface area contributed by atoms with Gasteiger partial charge in [-0.05, 0) is 57.1 Å². The van der Waals surface area contributed by atoms with E-state index in [-0.39, 0.29) is 11.8 Å². The van der Waals surface area contributed by atoms with Crippen LogP contribution in [0, 0.1) is 18.8 Å². The fourth-order valence-corrected chi connectivity index (χ4v) is 6.66. The summed E-state index contributed by atoms with van der Waals surface area (Å²) in [5, 5.41) is 3.66. The number of anilines is 1. The fourth-order valence-electron chi connectivity index (χ4n) is 4.02. The van der Waals surface area contributed by atoms with Crippen molar-refractivity contribution in [2.75, 3.05) is 18.4 Å². The molecule has 2 aliphatic rings. The zero-order chi connectivity index (χ0) is 20.6. The quantitative estimate of drug-likeness (QED) is 0.799. The molecule has 1 amide bonds. The molecule has 6 nitrogen and oxygen atoms in total. The zero-order valence-electron chi connectivity index (χ0n) is 16.8. The molecule has 0 radical (unpaired) electrons. The molecule has 0 bridgehead atoms. The third-order valence-corrected chi connectivity index (χ3v) is 8.85. The van der Waals surface area contributed by atoms with Gasteiger partial charge in [0.05, 0.1) is 10.6 Å². The van der Waals surface area contributed by atoms with E-state index in [0.29, 0.717) is 41.9 Å². The van der Waals surface area contributed by atoms with Gasteiger partial charge in [-0.3, -0.25) is 4.79 Å². The number of aryl methyl sites for hydroxylation is 2. The average molecular weight is 434 g/mol. The van der Waals surface area contributed by atoms with E-state index in [4.69, 9.17) is 0 Å². The van der Waals surface area contributed by atoms with Crippen LogP contribution in [0.3, 0.4) is 0 Å². The van der Waals surface area contributed by atoms with E-state index in [1.165, 1.54) is 9.18 Å². The third-order valence-electron chi connectivity index (χ3n) is 5.90. The summed E-state index contributed by atoms with van der Waals surface area (Å²) in [6.07, 6.45) is 4.23. The Hall–Kier alpha value is -1.77. The van der Waals surface area contributed by atoms with Crippen LogP contribution in [0.2, 0.25) is 0 Å². The minimum absolute atomic E-state index is 0.0449. The molecule has 2 heterocycles. The Kier molecular flexibility index (Phi) is 5.77. The first-order valence-electron chi connectivity index (χ1n) is 10.2. The van der Waals surface area contributed by atoms with Gasteiger partial charge in [-0.2, -0.15) is 4.31 Å². The van der Waals surface area contributed by atoms with Crippen molar-refractivity contribution >= 4 is 32.4 Å². The Morgan fingerprint density at radius 1 is 1.17 bits per heavy atom. The van der Waals surface area contributed by atoms with Gasteiger partial charge in [-0.1, -0.05) is 24.6 Å². The highest BCUT2D eigenvalue weighted by Gasteiger charge is 2.32. The maximum atomic E-state index is 12.8. The van der Waals surface area contributed by atoms with E-state index in [9.17, 15) is 13.2 Å². The molecule has 1 aliphatic carbocycles. The molecule has 1 N–H and O–H groups in total. The number of rotatable bonds is 4. The minimum atomic E-state index is -3.50. The minimum Gasteiger partial charge on any atom is -0.302 e. The number of sulfonamides is 1. The standard InChI is InChI=1S/C21H27N3O3S2/c1-14-3-6-17(7-4-14)29(26,27)24-11-9-16(10-12-24)20(25)23-21-22-18-8-5-15(2)13-19(18)28-21/h3-4,6-7,15-16H,5,8-13H2,1-2H3,(H,22,23,25)/t15-/m0/s1. The molecule has 1 atom stereocenters. The summed E-state index contributed by atoms with van der Waals surface area (Å²) in [6, 6.07) is 6.91. The number of benzene rings is 1. The van der Waals surface area contributed by atoms with Crippen molar-refractivity contribution in [3.05, 3.63) is 40.4 Å². The Morgan fingerprint density at radius 3 is 2.55 bits per heavy atom. The van der Waals surface area contributed by atoms with E-state index in [0.717, 1.165) is 30.5 Å². The lowest BCUT2D eigenvalue weighted by molar-refractivity contribution is -0.120. The van der Waals surface area contributed by atoms with Gasteiger partial charge in [0.1, 0.15) is 0 Å². The average Bonchev–Trinajstić information content (AvgIpc) is 3.09. The first-order valence-corrected chi connectivity index (χ1v) is 12.4. The van der Waals surface area contributed by atoms with Gasteiger partial charge in [0.25, 0.3) is 0 Å². The van der Waals surface area contributed by atoms with Crippen molar-refractivity contribution in [3.8, 4) is 0 Å². The number of hydrogen-bond donors (Lipinski definition) is 1. The van der Waals surface area contributed by atoms with E-state index in [2.05, 4.69) is 17.2 Å². The van der Waals surface area contributed by atoms with Crippen LogP contribution in [0.25, 0.3) is 0 Å². The number of nitrogens with zero attached hydrogens (tertiary/aromatic N) is 2. The van der Waals surface area contributed by atoms with Gasteiger partial charge in [0.15, 0.2) is 5.13 Å². The summed E-state index contributed by atoms with van der Waals surface area (Å²) < 4.78 is 27.1. The van der Waals surface area contributed by atoms with Crippen molar-refractivity contribution in [3.63, 3.8) is 0 Å². The number of carbonyl (C=O) groups excluding carboxylic acids is 1. The summed E-state index contributed by atoms with van der Waals surface area (Å²) in [6.45, 7) is 4.90. The number of aromatic nitrogens is 1. The van der Waals surface area contributed by atoms with Gasteiger partial charge in [-0.15, -0.1) is 11.3 Å². The van der Waals surface area contributed by atoms with Crippen LogP contribution in [-0.4, -0.2) is 36.7 Å². The summed E-state index contributed by atoms with van der Waals surface area (Å²) >= 11 is 1.59. The largest absolute Gasteiger partial charge is 0.302 e. The number of hydrogen-bond acceptors (Lipinski definition) is 5. The molecule has 8 heteroatoms. The molecule has 1 saturated heterocycles. The van der Waals surface area contributed by atoms with Crippen LogP contribution < -0.4 is 5.32 Å². The fraction of sp³-hybridized carbons (Fsp3) is 0.524. The van der Waals surface area contributed by atoms with Crippen molar-refractivity contribution in [1.82, 2.24) is 9.29 Å². The highest BCUT2D eigenvalue weighted by molar-refractivity contribution is 7.89. The predicted octanol–water partition coefficient (Wildman–Crippen LogP) is 3.62. The van der Waals surface area contributed by atoms with E-state index < -0.39 is 10.0 Å². The lowest BCUT2D eigenvalue weighted by Gasteiger charge is -2.30. The summed E-state index contributed by atoms with van der Waals surface area (Å²) in [5.41, 5.74) is 2.15. The van der Waals surface area contributed by atoms with E-state index in [1.807, 2.05) is 6.92 Å². The van der Waals surface area contributed by atoms with Gasteiger partial charge in [0.2, 0.25) is 15.9 Å². The Bertz CT molecular complexity index is 991. The van der Waals surface area contributed by atoms with Crippen LogP contribution in [0.15, 0.2) is 29.2 Å². The number of carbonyl (C=O) groups is 1. The van der Waals surface area contributed by atoms with Crippen molar-refractivity contribution in [2.24, 2.45) is 11.8 Å². The molecule has 0 saturated carbocycles. The molecule has 0 unspecified atom stereocenters. The second kappa shape index (κ2) is 8.16. The molecule has 4 rings (SSSR count). The Labute approximate surface area is 176 Å². The lowest BCUT2D eigenvalue weighted by atomic mass is 9.93. The number of fused-ring (bicyclic) bond motifs is 1. The predicted molar refractivity (Wildman–Crippen MR) is 115 cm³/mol. The molecule has 156 valence electrons. The van der Waals surface area contributed by atoms with Crippen molar-refractivity contribution in [2.45, 2.75) is 50.8 Å². The van der Waals surface area contributed by atoms with Gasteiger partial charge < -0.3 is 5.32 Å². The topological polar surface area (TPSA) is 79.4 Å². The first kappa shape index (κ1) is 20.5. The van der Waals surface area contributed by atoms with Gasteiger partial charge in [-0.25, -0.2) is 13.4 Å². The van der Waals surface area contributed by atoms with E-state index >= 15 is 0 Å². The smallest absolute Gasteiger partial charge is 0.243 e. The van der Waals surface area contributed by atoms with Crippen LogP contribution >= 0.6 is 11.3 Å². The van der Waals surface area contributed by atoms with Crippen LogP contribution in [-0.2, 0) is 27.7 Å². The second-order valence-electron chi connectivity index (χ2n) is 8.22. The van der Waals surface area contributed by atoms with Crippen LogP contribution in [0.5, 0.6) is 0 Å². The number of piperidine rings is 1. The molecule has 1 aliphatic heterocycles. The maximum absolute atomic E-state index is 12.8. The highest BCUT2D eigenvalue weighted by Crippen LogP contribution is 2.33. The number of nitrogens with one attached hydrogen (secondary N) is 1. The SMILES string of the molecule is Cc1ccc(S(=O)(=O)N2CCC(C(=O)Nc3nc4c(s3)C[C@@H](C)CC4)CC2)cc1. The molecular formula is C21H27N3O3S2. The van der Waals surface area contributed by atoms with Crippen molar-refractivity contribution in [1.29, 1.82) is 0 Å². The monoisotopic (exact) mass is 433 g/mol. The third kappa shape index (κ3) is 4.39. The van der Waals surface area contributed by atoms with Crippen LogP contribution in [0.1, 0.15) is 42.3 Å². The van der Waals surface area contributed by atoms with Gasteiger partial charge in [0, 0.05) is 23.9 Å². The van der Waals surface area contributed by atoms with Gasteiger partial charge >= 0.3 is 0 Å². The molecular weight excluding hydrogens is 406 g/mol. The summed E-state index contributed by atoms with van der Waals surface area (Å²) in [7, 11) is -3.50. The first-order chi connectivity index (χ1) is 13.8. The second-order valence-corrected chi connectivity index (χ2v) is 11.2. The van der Waals surface area contributed by atoms with E-state index in [1.54, 1.807) is 35.6 Å². The van der Waals surface area contributed by atoms with Crippen LogP contribution in [0.4, 0.5) is 5.13 Å². The lowest BCUT2D eigenvalue weighted by Crippen LogP contribution is -2.41. The molecule has 1 fully saturated rings. The van der Waals surface area contributed by atoms with Crippen molar-refractivity contribution < 1.29 is 13.2 Å². The summed E-state index contributed by atoms with van der Waals surface area (Å²) in [5.74, 6) is 0.446. The highest BCUT2D eigenvalue weighted by atomic mass is 32.2. The molecule has 29 heavy (non-hydrogen) atoms. The number of thiazole rings is 1. The zero-order valence-corrected chi connectivity index (χ0v) is 18.5. The molecule has 0 spiro atoms. The molecule has 2 aromatic rings. The molecule has 1 aromatic carbocycles. The number of amides is 1. The summed E-state index contributed by atoms with van der Waals surface area (Å²) in [4.78, 5) is 18.9. The molecule has 1 aromatic heterocycles. The Morgan fingerprint density at radius 2 is 1.86 bits per heavy atom. The normalized spacial score (nSPS) is 21.0. The maximum Gasteiger partial charge on any atom is 0.243 e. The Balaban J connectivity index is 1.36.